The highest BCUT2D eigenvalue weighted by molar-refractivity contribution is 5.71. The smallest absolute Gasteiger partial charge is 0.306 e. The molecule has 1 aromatic carbocycles. The Morgan fingerprint density at radius 3 is 1.13 bits per heavy atom. The van der Waals surface area contributed by atoms with E-state index in [1.54, 1.807) is 0 Å². The molecule has 0 spiro atoms. The van der Waals surface area contributed by atoms with Crippen LogP contribution in [0.2, 0.25) is 0 Å². The lowest BCUT2D eigenvalue weighted by atomic mass is 10.1. The number of hydrogen-bond donors (Lipinski definition) is 0. The number of benzene rings is 1. The number of rotatable bonds is 40. The first-order valence-corrected chi connectivity index (χ1v) is 23.8. The molecule has 0 bridgehead atoms. The Kier molecular flexibility index (Phi) is 34.1. The van der Waals surface area contributed by atoms with Crippen molar-refractivity contribution in [2.75, 3.05) is 40.5 Å². The molecular weight excluding hydrogens is 763 g/mol. The standard InChI is InChI=1S/C49H85NO10/c1-7-11-15-19-23-27-46(51)57-39-42(59-48(53)29-25-21-17-13-9-3)31-33-55-44-35-41(38-50(5)6)36-45(37-44)56-34-32-43(60-49(54)30-26-22-18-14-10-4)40-58-47(52)28-24-20-16-12-8-2/h35-37,42-43H,7-34,38-40H2,1-6H3/t42-,43-/m0/s1. The summed E-state index contributed by atoms with van der Waals surface area (Å²) in [5.41, 5.74) is 0.977. The Hall–Kier alpha value is -3.34. The van der Waals surface area contributed by atoms with Gasteiger partial charge in [0, 0.05) is 51.1 Å². The third-order valence-corrected chi connectivity index (χ3v) is 10.3. The lowest BCUT2D eigenvalue weighted by Crippen LogP contribution is -2.27. The minimum atomic E-state index is -0.621. The van der Waals surface area contributed by atoms with Gasteiger partial charge in [-0.25, -0.2) is 0 Å². The molecule has 0 aromatic heterocycles. The molecule has 0 aliphatic carbocycles. The quantitative estimate of drug-likeness (QED) is 0.0356. The average molecular weight is 848 g/mol. The third-order valence-electron chi connectivity index (χ3n) is 10.3. The third kappa shape index (κ3) is 31.5. The first-order chi connectivity index (χ1) is 29.1. The molecule has 0 unspecified atom stereocenters. The van der Waals surface area contributed by atoms with Crippen LogP contribution in [0.1, 0.15) is 200 Å². The summed E-state index contributed by atoms with van der Waals surface area (Å²) in [6.07, 6.45) is 21.5. The molecule has 0 aliphatic heterocycles. The first kappa shape index (κ1) is 54.7. The fourth-order valence-electron chi connectivity index (χ4n) is 6.72. The highest BCUT2D eigenvalue weighted by atomic mass is 16.6. The number of carbonyl (C=O) groups is 4. The van der Waals surface area contributed by atoms with Gasteiger partial charge in [0.15, 0.2) is 0 Å². The molecule has 1 aromatic rings. The highest BCUT2D eigenvalue weighted by Crippen LogP contribution is 2.25. The van der Waals surface area contributed by atoms with Gasteiger partial charge in [-0.1, -0.05) is 130 Å². The largest absolute Gasteiger partial charge is 0.493 e. The van der Waals surface area contributed by atoms with Gasteiger partial charge in [-0.2, -0.15) is 0 Å². The molecular formula is C49H85NO10. The van der Waals surface area contributed by atoms with Crippen LogP contribution in [-0.4, -0.2) is 81.5 Å². The maximum Gasteiger partial charge on any atom is 0.306 e. The van der Waals surface area contributed by atoms with Gasteiger partial charge in [0.2, 0.25) is 0 Å². The van der Waals surface area contributed by atoms with Gasteiger partial charge in [-0.3, -0.25) is 19.2 Å². The molecule has 0 N–H and O–H groups in total. The summed E-state index contributed by atoms with van der Waals surface area (Å²) in [5.74, 6) is 0.0534. The van der Waals surface area contributed by atoms with E-state index in [0.29, 0.717) is 56.6 Å². The van der Waals surface area contributed by atoms with E-state index in [0.717, 1.165) is 134 Å². The summed E-state index contributed by atoms with van der Waals surface area (Å²) in [6.45, 7) is 9.73. The maximum absolute atomic E-state index is 12.8. The van der Waals surface area contributed by atoms with Gasteiger partial charge in [0.05, 0.1) is 13.2 Å². The molecule has 0 amide bonds. The van der Waals surface area contributed by atoms with Gasteiger partial charge >= 0.3 is 23.9 Å². The molecule has 0 radical (unpaired) electrons. The average Bonchev–Trinajstić information content (AvgIpc) is 3.21. The van der Waals surface area contributed by atoms with Gasteiger partial charge in [0.1, 0.15) is 36.9 Å². The highest BCUT2D eigenvalue weighted by Gasteiger charge is 2.20. The van der Waals surface area contributed by atoms with Crippen LogP contribution in [0, 0.1) is 0 Å². The molecule has 1 rings (SSSR count). The van der Waals surface area contributed by atoms with E-state index in [2.05, 4.69) is 32.6 Å². The number of esters is 4. The van der Waals surface area contributed by atoms with E-state index in [4.69, 9.17) is 28.4 Å². The van der Waals surface area contributed by atoms with Crippen molar-refractivity contribution in [3.05, 3.63) is 23.8 Å². The number of ether oxygens (including phenoxy) is 6. The lowest BCUT2D eigenvalue weighted by Gasteiger charge is -2.20. The molecule has 0 heterocycles. The van der Waals surface area contributed by atoms with E-state index >= 15 is 0 Å². The summed E-state index contributed by atoms with van der Waals surface area (Å²) >= 11 is 0. The number of unbranched alkanes of at least 4 members (excludes halogenated alkanes) is 16. The Morgan fingerprint density at radius 2 is 0.800 bits per heavy atom. The topological polar surface area (TPSA) is 127 Å². The summed E-state index contributed by atoms with van der Waals surface area (Å²) in [5, 5.41) is 0. The van der Waals surface area contributed by atoms with Crippen molar-refractivity contribution in [3.8, 4) is 11.5 Å². The van der Waals surface area contributed by atoms with Crippen molar-refractivity contribution >= 4 is 23.9 Å². The predicted molar refractivity (Wildman–Crippen MR) is 239 cm³/mol. The molecule has 60 heavy (non-hydrogen) atoms. The summed E-state index contributed by atoms with van der Waals surface area (Å²) < 4.78 is 35.2. The SMILES string of the molecule is CCCCCCCC(=O)OC[C@H](CCOc1cc(CN(C)C)cc(OCC[C@@H](COC(=O)CCCCCCC)OC(=O)CCCCCCC)c1)OC(=O)CCCCCCC. The van der Waals surface area contributed by atoms with Crippen molar-refractivity contribution in [2.45, 2.75) is 213 Å². The summed E-state index contributed by atoms with van der Waals surface area (Å²) in [6, 6.07) is 5.72. The number of carbonyl (C=O) groups excluding carboxylic acids is 4. The lowest BCUT2D eigenvalue weighted by molar-refractivity contribution is -0.160. The normalized spacial score (nSPS) is 12.2. The van der Waals surface area contributed by atoms with Gasteiger partial charge < -0.3 is 33.3 Å². The first-order valence-electron chi connectivity index (χ1n) is 23.8. The van der Waals surface area contributed by atoms with Crippen LogP contribution in [0.15, 0.2) is 18.2 Å². The minimum Gasteiger partial charge on any atom is -0.493 e. The monoisotopic (exact) mass is 848 g/mol. The molecule has 0 saturated carbocycles. The second-order valence-electron chi connectivity index (χ2n) is 16.6. The Labute approximate surface area is 364 Å². The number of nitrogens with zero attached hydrogens (tertiary/aromatic N) is 1. The predicted octanol–water partition coefficient (Wildman–Crippen LogP) is 11.6. The van der Waals surface area contributed by atoms with Crippen LogP contribution < -0.4 is 9.47 Å². The Morgan fingerprint density at radius 1 is 0.467 bits per heavy atom. The molecule has 2 atom stereocenters. The van der Waals surface area contributed by atoms with Gasteiger partial charge in [-0.15, -0.1) is 0 Å². The molecule has 346 valence electrons. The Bertz CT molecular complexity index is 1170. The summed E-state index contributed by atoms with van der Waals surface area (Å²) in [4.78, 5) is 52.7. The maximum atomic E-state index is 12.8. The van der Waals surface area contributed by atoms with Crippen LogP contribution in [0.3, 0.4) is 0 Å². The second kappa shape index (κ2) is 37.4. The van der Waals surface area contributed by atoms with Gasteiger partial charge in [-0.05, 0) is 57.5 Å². The van der Waals surface area contributed by atoms with E-state index in [1.165, 1.54) is 0 Å². The second-order valence-corrected chi connectivity index (χ2v) is 16.6. The zero-order chi connectivity index (χ0) is 44.1. The van der Waals surface area contributed by atoms with Crippen LogP contribution in [-0.2, 0) is 44.7 Å². The number of hydrogen-bond acceptors (Lipinski definition) is 11. The molecule has 0 fully saturated rings. The van der Waals surface area contributed by atoms with E-state index < -0.39 is 12.2 Å². The van der Waals surface area contributed by atoms with Gasteiger partial charge in [0.25, 0.3) is 0 Å². The van der Waals surface area contributed by atoms with Crippen molar-refractivity contribution in [1.29, 1.82) is 0 Å². The van der Waals surface area contributed by atoms with Crippen molar-refractivity contribution in [3.63, 3.8) is 0 Å². The fraction of sp³-hybridized carbons (Fsp3) is 0.796. The zero-order valence-electron chi connectivity index (χ0n) is 38.8. The minimum absolute atomic E-state index is 0.00732. The van der Waals surface area contributed by atoms with E-state index in [9.17, 15) is 19.2 Å². The fourth-order valence-corrected chi connectivity index (χ4v) is 6.72. The Balaban J connectivity index is 2.93. The van der Waals surface area contributed by atoms with Crippen LogP contribution >= 0.6 is 0 Å². The molecule has 11 heteroatoms. The van der Waals surface area contributed by atoms with Crippen LogP contribution in [0.4, 0.5) is 0 Å². The van der Waals surface area contributed by atoms with E-state index in [-0.39, 0.29) is 50.3 Å². The molecule has 11 nitrogen and oxygen atoms in total. The van der Waals surface area contributed by atoms with Crippen LogP contribution in [0.5, 0.6) is 11.5 Å². The molecule has 0 saturated heterocycles. The van der Waals surface area contributed by atoms with Crippen molar-refractivity contribution in [2.24, 2.45) is 0 Å². The van der Waals surface area contributed by atoms with E-state index in [1.807, 2.05) is 32.3 Å². The van der Waals surface area contributed by atoms with Crippen molar-refractivity contribution < 1.29 is 47.6 Å². The summed E-state index contributed by atoms with van der Waals surface area (Å²) in [7, 11) is 3.97. The molecule has 0 aliphatic rings. The van der Waals surface area contributed by atoms with Crippen molar-refractivity contribution in [1.82, 2.24) is 4.90 Å². The van der Waals surface area contributed by atoms with Crippen LogP contribution in [0.25, 0.3) is 0 Å². The zero-order valence-corrected chi connectivity index (χ0v) is 38.8.